The van der Waals surface area contributed by atoms with Gasteiger partial charge in [0.25, 0.3) is 0 Å². The van der Waals surface area contributed by atoms with Crippen LogP contribution in [0.2, 0.25) is 0 Å². The largest absolute Gasteiger partial charge is 0.370 e. The Morgan fingerprint density at radius 1 is 1.57 bits per heavy atom. The molecular formula is C16H22BrFN4O. The minimum Gasteiger partial charge on any atom is -0.370 e. The zero-order valence-corrected chi connectivity index (χ0v) is 14.8. The van der Waals surface area contributed by atoms with E-state index in [9.17, 15) is 9.18 Å². The van der Waals surface area contributed by atoms with Gasteiger partial charge in [-0.15, -0.1) is 0 Å². The maximum Gasteiger partial charge on any atom is 0.217 e. The number of primary amides is 1. The third kappa shape index (κ3) is 5.20. The van der Waals surface area contributed by atoms with E-state index in [1.165, 1.54) is 6.07 Å². The van der Waals surface area contributed by atoms with Gasteiger partial charge in [-0.2, -0.15) is 0 Å². The molecule has 23 heavy (non-hydrogen) atoms. The summed E-state index contributed by atoms with van der Waals surface area (Å²) in [5, 5.41) is 3.20. The molecule has 1 saturated heterocycles. The lowest BCUT2D eigenvalue weighted by atomic mass is 9.95. The van der Waals surface area contributed by atoms with E-state index in [-0.39, 0.29) is 17.6 Å². The normalized spacial score (nSPS) is 18.8. The van der Waals surface area contributed by atoms with Gasteiger partial charge in [0.2, 0.25) is 5.91 Å². The first-order valence-corrected chi connectivity index (χ1v) is 8.46. The van der Waals surface area contributed by atoms with Crippen molar-refractivity contribution >= 4 is 27.8 Å². The summed E-state index contributed by atoms with van der Waals surface area (Å²) in [5.41, 5.74) is 5.87. The van der Waals surface area contributed by atoms with Gasteiger partial charge in [0.05, 0.1) is 0 Å². The molecule has 0 aromatic heterocycles. The zero-order valence-electron chi connectivity index (χ0n) is 13.2. The maximum absolute atomic E-state index is 13.8. The molecule has 2 rings (SSSR count). The van der Waals surface area contributed by atoms with Gasteiger partial charge in [-0.05, 0) is 37.0 Å². The highest BCUT2D eigenvalue weighted by molar-refractivity contribution is 9.10. The minimum absolute atomic E-state index is 0.249. The molecule has 7 heteroatoms. The molecule has 0 bridgehead atoms. The van der Waals surface area contributed by atoms with Crippen LogP contribution in [0.25, 0.3) is 0 Å². The molecule has 0 radical (unpaired) electrons. The van der Waals surface area contributed by atoms with Crippen molar-refractivity contribution in [1.82, 2.24) is 10.2 Å². The summed E-state index contributed by atoms with van der Waals surface area (Å²) >= 11 is 3.35. The molecule has 3 N–H and O–H groups in total. The summed E-state index contributed by atoms with van der Waals surface area (Å²) in [6.07, 6.45) is 2.38. The Bertz CT molecular complexity index is 593. The van der Waals surface area contributed by atoms with Crippen LogP contribution in [0.15, 0.2) is 27.7 Å². The van der Waals surface area contributed by atoms with E-state index in [1.807, 2.05) is 0 Å². The summed E-state index contributed by atoms with van der Waals surface area (Å²) in [5.74, 6) is 0.457. The van der Waals surface area contributed by atoms with Crippen molar-refractivity contribution < 1.29 is 9.18 Å². The van der Waals surface area contributed by atoms with Crippen LogP contribution >= 0.6 is 15.9 Å². The second kappa shape index (κ2) is 8.29. The Kier molecular flexibility index (Phi) is 6.38. The summed E-state index contributed by atoms with van der Waals surface area (Å²) in [6.45, 7) is 1.97. The molecule has 0 spiro atoms. The molecule has 1 unspecified atom stereocenters. The number of likely N-dealkylation sites (tertiary alicyclic amines) is 1. The third-order valence-corrected chi connectivity index (χ3v) is 4.46. The predicted octanol–water partition coefficient (Wildman–Crippen LogP) is 2.25. The van der Waals surface area contributed by atoms with Crippen molar-refractivity contribution in [3.63, 3.8) is 0 Å². The Balaban J connectivity index is 1.97. The molecule has 126 valence electrons. The Morgan fingerprint density at radius 2 is 2.35 bits per heavy atom. The predicted molar refractivity (Wildman–Crippen MR) is 92.4 cm³/mol. The van der Waals surface area contributed by atoms with Crippen molar-refractivity contribution in [3.05, 3.63) is 34.1 Å². The minimum atomic E-state index is -0.268. The highest BCUT2D eigenvalue weighted by atomic mass is 79.9. The summed E-state index contributed by atoms with van der Waals surface area (Å²) in [6, 6.07) is 4.86. The summed E-state index contributed by atoms with van der Waals surface area (Å²) < 4.78 is 14.6. The first kappa shape index (κ1) is 17.7. The van der Waals surface area contributed by atoms with Crippen LogP contribution in [0.4, 0.5) is 4.39 Å². The van der Waals surface area contributed by atoms with Gasteiger partial charge in [-0.1, -0.05) is 15.9 Å². The maximum atomic E-state index is 13.8. The molecule has 1 aliphatic rings. The molecular weight excluding hydrogens is 363 g/mol. The molecule has 0 aliphatic carbocycles. The van der Waals surface area contributed by atoms with Crippen LogP contribution in [0.5, 0.6) is 0 Å². The standard InChI is InChI=1S/C16H22BrFN4O/c1-20-16(21-9-12-8-13(17)4-5-14(12)18)22-6-2-3-11(10-22)7-15(19)23/h4-5,8,11H,2-3,6-7,9-10H2,1H3,(H2,19,23)(H,20,21). The number of nitrogens with one attached hydrogen (secondary N) is 1. The zero-order chi connectivity index (χ0) is 16.8. The number of rotatable bonds is 4. The number of halogens is 2. The van der Waals surface area contributed by atoms with Crippen molar-refractivity contribution in [2.45, 2.75) is 25.8 Å². The number of amides is 1. The molecule has 1 fully saturated rings. The molecule has 1 aromatic carbocycles. The summed E-state index contributed by atoms with van der Waals surface area (Å²) in [4.78, 5) is 17.5. The van der Waals surface area contributed by atoms with E-state index in [0.717, 1.165) is 36.4 Å². The van der Waals surface area contributed by atoms with Crippen molar-refractivity contribution in [2.75, 3.05) is 20.1 Å². The second-order valence-corrected chi connectivity index (χ2v) is 6.68. The SMILES string of the molecule is CN=C(NCc1cc(Br)ccc1F)N1CCCC(CC(N)=O)C1. The Hall–Kier alpha value is -1.63. The number of hydrogen-bond acceptors (Lipinski definition) is 2. The third-order valence-electron chi connectivity index (χ3n) is 3.96. The molecule has 5 nitrogen and oxygen atoms in total. The number of benzene rings is 1. The lowest BCUT2D eigenvalue weighted by molar-refractivity contribution is -0.119. The number of aliphatic imine (C=N–C) groups is 1. The fourth-order valence-electron chi connectivity index (χ4n) is 2.89. The molecule has 1 heterocycles. The first-order chi connectivity index (χ1) is 11.0. The van der Waals surface area contributed by atoms with E-state index >= 15 is 0 Å². The number of piperidine rings is 1. The highest BCUT2D eigenvalue weighted by Gasteiger charge is 2.23. The average Bonchev–Trinajstić information content (AvgIpc) is 2.51. The quantitative estimate of drug-likeness (QED) is 0.617. The Morgan fingerprint density at radius 3 is 3.04 bits per heavy atom. The van der Waals surface area contributed by atoms with Crippen LogP contribution in [-0.4, -0.2) is 36.9 Å². The molecule has 1 amide bonds. The van der Waals surface area contributed by atoms with E-state index in [1.54, 1.807) is 19.2 Å². The lowest BCUT2D eigenvalue weighted by Gasteiger charge is -2.34. The molecule has 1 aliphatic heterocycles. The van der Waals surface area contributed by atoms with Crippen molar-refractivity contribution in [3.8, 4) is 0 Å². The van der Waals surface area contributed by atoms with Crippen molar-refractivity contribution in [2.24, 2.45) is 16.6 Å². The van der Waals surface area contributed by atoms with Gasteiger partial charge in [0.1, 0.15) is 5.82 Å². The van der Waals surface area contributed by atoms with Gasteiger partial charge in [-0.3, -0.25) is 9.79 Å². The average molecular weight is 385 g/mol. The van der Waals surface area contributed by atoms with Gasteiger partial charge >= 0.3 is 0 Å². The number of guanidine groups is 1. The van der Waals surface area contributed by atoms with E-state index in [0.29, 0.717) is 18.5 Å². The number of carbonyl (C=O) groups excluding carboxylic acids is 1. The number of hydrogen-bond donors (Lipinski definition) is 2. The van der Waals surface area contributed by atoms with Crippen molar-refractivity contribution in [1.29, 1.82) is 0 Å². The second-order valence-electron chi connectivity index (χ2n) is 5.76. The highest BCUT2D eigenvalue weighted by Crippen LogP contribution is 2.20. The number of nitrogens with zero attached hydrogens (tertiary/aromatic N) is 2. The van der Waals surface area contributed by atoms with Crippen LogP contribution in [0.3, 0.4) is 0 Å². The first-order valence-electron chi connectivity index (χ1n) is 7.67. The number of carbonyl (C=O) groups is 1. The smallest absolute Gasteiger partial charge is 0.217 e. The van der Waals surface area contributed by atoms with Crippen LogP contribution in [-0.2, 0) is 11.3 Å². The number of nitrogens with two attached hydrogens (primary N) is 1. The topological polar surface area (TPSA) is 70.7 Å². The van der Waals surface area contributed by atoms with Gasteiger partial charge in [-0.25, -0.2) is 4.39 Å². The summed E-state index contributed by atoms with van der Waals surface area (Å²) in [7, 11) is 1.71. The van der Waals surface area contributed by atoms with Crippen LogP contribution in [0, 0.1) is 11.7 Å². The monoisotopic (exact) mass is 384 g/mol. The molecule has 0 saturated carbocycles. The van der Waals surface area contributed by atoms with E-state index < -0.39 is 0 Å². The van der Waals surface area contributed by atoms with Gasteiger partial charge < -0.3 is 16.0 Å². The van der Waals surface area contributed by atoms with Crippen LogP contribution < -0.4 is 11.1 Å². The van der Waals surface area contributed by atoms with Gasteiger partial charge in [0, 0.05) is 43.1 Å². The van der Waals surface area contributed by atoms with Crippen LogP contribution in [0.1, 0.15) is 24.8 Å². The lowest BCUT2D eigenvalue weighted by Crippen LogP contribution is -2.47. The van der Waals surface area contributed by atoms with Gasteiger partial charge in [0.15, 0.2) is 5.96 Å². The fraction of sp³-hybridized carbons (Fsp3) is 0.500. The van der Waals surface area contributed by atoms with E-state index in [2.05, 4.69) is 31.1 Å². The molecule has 1 atom stereocenters. The molecule has 1 aromatic rings. The Labute approximate surface area is 144 Å². The fourth-order valence-corrected chi connectivity index (χ4v) is 3.30. The van der Waals surface area contributed by atoms with E-state index in [4.69, 9.17) is 5.73 Å².